The lowest BCUT2D eigenvalue weighted by Crippen LogP contribution is -2.30. The fourth-order valence-corrected chi connectivity index (χ4v) is 2.58. The second-order valence-electron chi connectivity index (χ2n) is 4.55. The molecule has 94 valence electrons. The summed E-state index contributed by atoms with van der Waals surface area (Å²) in [5.74, 6) is -0.00817. The zero-order valence-electron chi connectivity index (χ0n) is 10.1. The molecular formula is C12H16Br2N2O. The molecule has 1 aromatic rings. The first-order valence-electron chi connectivity index (χ1n) is 5.34. The van der Waals surface area contributed by atoms with E-state index < -0.39 is 0 Å². The van der Waals surface area contributed by atoms with Gasteiger partial charge < -0.3 is 11.1 Å². The van der Waals surface area contributed by atoms with Crippen molar-refractivity contribution in [2.75, 3.05) is 11.1 Å². The van der Waals surface area contributed by atoms with Crippen molar-refractivity contribution in [2.45, 2.75) is 27.2 Å². The highest BCUT2D eigenvalue weighted by molar-refractivity contribution is 9.11. The molecule has 1 rings (SSSR count). The van der Waals surface area contributed by atoms with Crippen LogP contribution < -0.4 is 11.1 Å². The maximum atomic E-state index is 12.1. The molecule has 0 radical (unpaired) electrons. The van der Waals surface area contributed by atoms with Gasteiger partial charge in [-0.15, -0.1) is 0 Å². The third-order valence-electron chi connectivity index (χ3n) is 2.80. The number of anilines is 2. The van der Waals surface area contributed by atoms with Crippen molar-refractivity contribution in [1.29, 1.82) is 0 Å². The molecule has 1 amide bonds. The predicted octanol–water partition coefficient (Wildman–Crippen LogP) is 4.17. The van der Waals surface area contributed by atoms with Crippen LogP contribution in [0.1, 0.15) is 27.2 Å². The number of nitrogen functional groups attached to an aromatic ring is 1. The second-order valence-corrected chi connectivity index (χ2v) is 6.26. The van der Waals surface area contributed by atoms with Gasteiger partial charge in [0.05, 0.1) is 5.69 Å². The van der Waals surface area contributed by atoms with Crippen LogP contribution in [0.3, 0.4) is 0 Å². The van der Waals surface area contributed by atoms with Crippen LogP contribution in [-0.4, -0.2) is 5.91 Å². The lowest BCUT2D eigenvalue weighted by atomic mass is 9.89. The third-order valence-corrected chi connectivity index (χ3v) is 4.05. The van der Waals surface area contributed by atoms with Crippen LogP contribution in [0.2, 0.25) is 0 Å². The number of nitrogens with two attached hydrogens (primary N) is 1. The molecule has 0 saturated carbocycles. The normalized spacial score (nSPS) is 11.4. The molecule has 3 nitrogen and oxygen atoms in total. The van der Waals surface area contributed by atoms with Crippen molar-refractivity contribution in [2.24, 2.45) is 5.41 Å². The number of rotatable bonds is 3. The molecule has 17 heavy (non-hydrogen) atoms. The Morgan fingerprint density at radius 1 is 1.35 bits per heavy atom. The molecule has 1 aromatic carbocycles. The lowest BCUT2D eigenvalue weighted by molar-refractivity contribution is -0.124. The number of halogens is 2. The molecule has 0 saturated heterocycles. The zero-order valence-corrected chi connectivity index (χ0v) is 13.3. The SMILES string of the molecule is CCC(C)(C)C(=O)Nc1c(Br)cc(N)cc1Br. The predicted molar refractivity (Wildman–Crippen MR) is 79.0 cm³/mol. The van der Waals surface area contributed by atoms with Crippen molar-refractivity contribution in [1.82, 2.24) is 0 Å². The van der Waals surface area contributed by atoms with E-state index >= 15 is 0 Å². The average Bonchev–Trinajstić information content (AvgIpc) is 2.22. The van der Waals surface area contributed by atoms with Gasteiger partial charge in [0.2, 0.25) is 5.91 Å². The van der Waals surface area contributed by atoms with Crippen LogP contribution in [0.15, 0.2) is 21.1 Å². The minimum atomic E-state index is -0.389. The van der Waals surface area contributed by atoms with Crippen molar-refractivity contribution in [3.05, 3.63) is 21.1 Å². The highest BCUT2D eigenvalue weighted by atomic mass is 79.9. The van der Waals surface area contributed by atoms with Crippen molar-refractivity contribution in [3.8, 4) is 0 Å². The molecule has 0 aliphatic rings. The molecule has 0 atom stereocenters. The van der Waals surface area contributed by atoms with E-state index in [0.29, 0.717) is 11.4 Å². The molecule has 0 spiro atoms. The number of nitrogens with one attached hydrogen (secondary N) is 1. The van der Waals surface area contributed by atoms with E-state index in [9.17, 15) is 4.79 Å². The Hall–Kier alpha value is -0.550. The number of carbonyl (C=O) groups is 1. The smallest absolute Gasteiger partial charge is 0.230 e. The Kier molecular flexibility index (Phi) is 4.61. The van der Waals surface area contributed by atoms with Gasteiger partial charge in [-0.25, -0.2) is 0 Å². The van der Waals surface area contributed by atoms with E-state index in [1.165, 1.54) is 0 Å². The highest BCUT2D eigenvalue weighted by Crippen LogP contribution is 2.34. The Morgan fingerprint density at radius 3 is 2.24 bits per heavy atom. The van der Waals surface area contributed by atoms with Crippen molar-refractivity contribution >= 4 is 49.1 Å². The van der Waals surface area contributed by atoms with E-state index in [0.717, 1.165) is 15.4 Å². The number of amides is 1. The third kappa shape index (κ3) is 3.45. The van der Waals surface area contributed by atoms with E-state index in [1.807, 2.05) is 20.8 Å². The fourth-order valence-electron chi connectivity index (χ4n) is 1.16. The summed E-state index contributed by atoms with van der Waals surface area (Å²) in [7, 11) is 0. The fraction of sp³-hybridized carbons (Fsp3) is 0.417. The maximum Gasteiger partial charge on any atom is 0.230 e. The average molecular weight is 364 g/mol. The standard InChI is InChI=1S/C12H16Br2N2O/c1-4-12(2,3)11(17)16-10-8(13)5-7(15)6-9(10)14/h5-6H,4,15H2,1-3H3,(H,16,17). The van der Waals surface area contributed by atoms with Gasteiger partial charge in [0.25, 0.3) is 0 Å². The maximum absolute atomic E-state index is 12.1. The minimum absolute atomic E-state index is 0.00817. The Bertz CT molecular complexity index is 421. The second kappa shape index (κ2) is 5.40. The van der Waals surface area contributed by atoms with Crippen molar-refractivity contribution in [3.63, 3.8) is 0 Å². The summed E-state index contributed by atoms with van der Waals surface area (Å²) >= 11 is 6.78. The van der Waals surface area contributed by atoms with Crippen LogP contribution >= 0.6 is 31.9 Å². The Balaban J connectivity index is 3.01. The van der Waals surface area contributed by atoms with Gasteiger partial charge in [-0.1, -0.05) is 20.8 Å². The van der Waals surface area contributed by atoms with E-state index in [1.54, 1.807) is 12.1 Å². The molecular weight excluding hydrogens is 348 g/mol. The van der Waals surface area contributed by atoms with Gasteiger partial charge in [-0.2, -0.15) is 0 Å². The molecule has 3 N–H and O–H groups in total. The lowest BCUT2D eigenvalue weighted by Gasteiger charge is -2.22. The molecule has 0 heterocycles. The monoisotopic (exact) mass is 362 g/mol. The molecule has 0 bridgehead atoms. The summed E-state index contributed by atoms with van der Waals surface area (Å²) in [4.78, 5) is 12.1. The van der Waals surface area contributed by atoms with Gasteiger partial charge in [-0.3, -0.25) is 4.79 Å². The van der Waals surface area contributed by atoms with Crippen LogP contribution in [-0.2, 0) is 4.79 Å². The number of benzene rings is 1. The molecule has 0 aliphatic carbocycles. The number of hydrogen-bond donors (Lipinski definition) is 2. The summed E-state index contributed by atoms with van der Waals surface area (Å²) in [6, 6.07) is 3.53. The van der Waals surface area contributed by atoms with Gasteiger partial charge in [0, 0.05) is 20.0 Å². The first-order chi connectivity index (χ1) is 7.77. The summed E-state index contributed by atoms with van der Waals surface area (Å²) < 4.78 is 1.54. The van der Waals surface area contributed by atoms with E-state index in [-0.39, 0.29) is 11.3 Å². The largest absolute Gasteiger partial charge is 0.399 e. The van der Waals surface area contributed by atoms with Crippen LogP contribution in [0.5, 0.6) is 0 Å². The quantitative estimate of drug-likeness (QED) is 0.792. The highest BCUT2D eigenvalue weighted by Gasteiger charge is 2.26. The van der Waals surface area contributed by atoms with Gasteiger partial charge in [0.1, 0.15) is 0 Å². The van der Waals surface area contributed by atoms with Crippen LogP contribution in [0.25, 0.3) is 0 Å². The number of hydrogen-bond acceptors (Lipinski definition) is 2. The summed E-state index contributed by atoms with van der Waals surface area (Å²) in [6.45, 7) is 5.83. The first-order valence-corrected chi connectivity index (χ1v) is 6.92. The van der Waals surface area contributed by atoms with Crippen molar-refractivity contribution < 1.29 is 4.79 Å². The Labute approximate surface area is 118 Å². The summed E-state index contributed by atoms with van der Waals surface area (Å²) in [6.07, 6.45) is 0.781. The molecule has 0 fully saturated rings. The number of carbonyl (C=O) groups excluding carboxylic acids is 1. The summed E-state index contributed by atoms with van der Waals surface area (Å²) in [5, 5.41) is 2.91. The van der Waals surface area contributed by atoms with Gasteiger partial charge >= 0.3 is 0 Å². The minimum Gasteiger partial charge on any atom is -0.399 e. The molecule has 5 heteroatoms. The van der Waals surface area contributed by atoms with E-state index in [2.05, 4.69) is 37.2 Å². The first kappa shape index (κ1) is 14.5. The molecule has 0 aliphatic heterocycles. The zero-order chi connectivity index (χ0) is 13.2. The molecule has 0 aromatic heterocycles. The van der Waals surface area contributed by atoms with Gasteiger partial charge in [-0.05, 0) is 50.4 Å². The van der Waals surface area contributed by atoms with Crippen LogP contribution in [0.4, 0.5) is 11.4 Å². The Morgan fingerprint density at radius 2 is 1.82 bits per heavy atom. The van der Waals surface area contributed by atoms with Gasteiger partial charge in [0.15, 0.2) is 0 Å². The topological polar surface area (TPSA) is 55.1 Å². The van der Waals surface area contributed by atoms with Crippen LogP contribution in [0, 0.1) is 5.41 Å². The molecule has 0 unspecified atom stereocenters. The van der Waals surface area contributed by atoms with E-state index in [4.69, 9.17) is 5.73 Å². The summed E-state index contributed by atoms with van der Waals surface area (Å²) in [5.41, 5.74) is 6.66.